The zero-order valence-electron chi connectivity index (χ0n) is 19.6. The van der Waals surface area contributed by atoms with Crippen LogP contribution in [-0.4, -0.2) is 52.8 Å². The summed E-state index contributed by atoms with van der Waals surface area (Å²) in [5.41, 5.74) is 8.56. The second-order valence-corrected chi connectivity index (χ2v) is 8.74. The fourth-order valence-electron chi connectivity index (χ4n) is 3.97. The van der Waals surface area contributed by atoms with Crippen molar-refractivity contribution in [3.63, 3.8) is 0 Å². The first-order valence-corrected chi connectivity index (χ1v) is 11.2. The molecule has 4 N–H and O–H groups in total. The number of amides is 2. The van der Waals surface area contributed by atoms with E-state index in [0.717, 1.165) is 16.0 Å². The summed E-state index contributed by atoms with van der Waals surface area (Å²) in [5, 5.41) is 17.1. The number of anilines is 1. The van der Waals surface area contributed by atoms with Crippen LogP contribution >= 0.6 is 0 Å². The van der Waals surface area contributed by atoms with E-state index in [9.17, 15) is 19.5 Å². The first-order chi connectivity index (χ1) is 16.1. The number of carbonyl (C=O) groups excluding carboxylic acids is 2. The van der Waals surface area contributed by atoms with Gasteiger partial charge in [0.05, 0.1) is 11.3 Å². The molecule has 0 fully saturated rings. The van der Waals surface area contributed by atoms with Gasteiger partial charge < -0.3 is 20.6 Å². The molecule has 0 saturated heterocycles. The minimum Gasteiger partial charge on any atom is -0.480 e. The van der Waals surface area contributed by atoms with Crippen molar-refractivity contribution >= 4 is 41.5 Å². The molecule has 1 unspecified atom stereocenters. The van der Waals surface area contributed by atoms with Gasteiger partial charge in [0.15, 0.2) is 0 Å². The van der Waals surface area contributed by atoms with E-state index in [4.69, 9.17) is 11.1 Å². The molecule has 0 bridgehead atoms. The average molecular weight is 463 g/mol. The Morgan fingerprint density at radius 1 is 1.12 bits per heavy atom. The number of carbonyl (C=O) groups is 3. The Labute approximate surface area is 199 Å². The fourth-order valence-corrected chi connectivity index (χ4v) is 3.97. The molecular formula is C26H30N4O4. The van der Waals surface area contributed by atoms with E-state index < -0.39 is 17.9 Å². The molecule has 8 heteroatoms. The monoisotopic (exact) mass is 462 g/mol. The van der Waals surface area contributed by atoms with E-state index in [-0.39, 0.29) is 30.6 Å². The number of nitrogens with zero attached hydrogens (tertiary/aromatic N) is 2. The quantitative estimate of drug-likeness (QED) is 0.314. The molecule has 2 aromatic rings. The number of fused-ring (bicyclic) bond motifs is 1. The van der Waals surface area contributed by atoms with E-state index >= 15 is 0 Å². The van der Waals surface area contributed by atoms with Gasteiger partial charge in [-0.3, -0.25) is 15.0 Å². The third-order valence-corrected chi connectivity index (χ3v) is 5.69. The third kappa shape index (κ3) is 5.33. The van der Waals surface area contributed by atoms with Gasteiger partial charge in [-0.15, -0.1) is 0 Å². The van der Waals surface area contributed by atoms with Gasteiger partial charge in [0.2, 0.25) is 5.91 Å². The molecule has 8 nitrogen and oxygen atoms in total. The Morgan fingerprint density at radius 3 is 2.29 bits per heavy atom. The number of nitrogens with two attached hydrogens (primary N) is 1. The van der Waals surface area contributed by atoms with Crippen LogP contribution in [0.5, 0.6) is 0 Å². The number of hydrogen-bond acceptors (Lipinski definition) is 4. The molecule has 1 aliphatic heterocycles. The Hall–Kier alpha value is -3.94. The van der Waals surface area contributed by atoms with E-state index in [1.807, 2.05) is 44.2 Å². The topological polar surface area (TPSA) is 128 Å². The number of carboxylic acid groups (broad SMARTS) is 1. The molecule has 3 rings (SSSR count). The minimum atomic E-state index is -1.13. The first kappa shape index (κ1) is 24.7. The van der Waals surface area contributed by atoms with Crippen LogP contribution in [0.4, 0.5) is 5.69 Å². The van der Waals surface area contributed by atoms with Crippen molar-refractivity contribution in [2.24, 2.45) is 11.7 Å². The van der Waals surface area contributed by atoms with Crippen LogP contribution in [0.1, 0.15) is 54.2 Å². The summed E-state index contributed by atoms with van der Waals surface area (Å²) < 4.78 is 0. The maximum atomic E-state index is 13.5. The molecule has 34 heavy (non-hydrogen) atoms. The second-order valence-electron chi connectivity index (χ2n) is 8.74. The third-order valence-electron chi connectivity index (χ3n) is 5.69. The highest BCUT2D eigenvalue weighted by molar-refractivity contribution is 6.11. The fraction of sp³-hybridized carbons (Fsp3) is 0.308. The summed E-state index contributed by atoms with van der Waals surface area (Å²) in [6.45, 7) is 5.80. The van der Waals surface area contributed by atoms with Crippen LogP contribution < -0.4 is 10.6 Å². The van der Waals surface area contributed by atoms with Crippen molar-refractivity contribution in [2.45, 2.75) is 33.2 Å². The van der Waals surface area contributed by atoms with Gasteiger partial charge >= 0.3 is 5.97 Å². The normalized spacial score (nSPS) is 14.9. The smallest absolute Gasteiger partial charge is 0.326 e. The van der Waals surface area contributed by atoms with Crippen molar-refractivity contribution in [1.29, 1.82) is 5.41 Å². The SMILES string of the molecule is CCC(C(=O)O)N1CC(=O)N(CC(C)C)c2ccc(C=Cc3ccc(C(=N)N)cc3)cc2C1=O. The minimum absolute atomic E-state index is 0.00316. The predicted octanol–water partition coefficient (Wildman–Crippen LogP) is 3.45. The van der Waals surface area contributed by atoms with Gasteiger partial charge in [0, 0.05) is 12.1 Å². The van der Waals surface area contributed by atoms with Gasteiger partial charge in [0.25, 0.3) is 5.91 Å². The summed E-state index contributed by atoms with van der Waals surface area (Å²) in [6, 6.07) is 11.4. The first-order valence-electron chi connectivity index (χ1n) is 11.2. The number of hydrogen-bond donors (Lipinski definition) is 3. The molecular weight excluding hydrogens is 432 g/mol. The summed E-state index contributed by atoms with van der Waals surface area (Å²) >= 11 is 0. The Bertz CT molecular complexity index is 1140. The van der Waals surface area contributed by atoms with Gasteiger partial charge in [-0.25, -0.2) is 4.79 Å². The number of nitrogens with one attached hydrogen (secondary N) is 1. The largest absolute Gasteiger partial charge is 0.480 e. The number of nitrogen functional groups attached to an aromatic ring is 1. The molecule has 2 aromatic carbocycles. The van der Waals surface area contributed by atoms with E-state index in [0.29, 0.717) is 23.4 Å². The zero-order chi connectivity index (χ0) is 25.0. The lowest BCUT2D eigenvalue weighted by atomic mass is 10.0. The predicted molar refractivity (Wildman–Crippen MR) is 133 cm³/mol. The highest BCUT2D eigenvalue weighted by Gasteiger charge is 2.37. The van der Waals surface area contributed by atoms with E-state index in [1.165, 1.54) is 0 Å². The highest BCUT2D eigenvalue weighted by Crippen LogP contribution is 2.30. The van der Waals surface area contributed by atoms with Crippen LogP contribution in [0, 0.1) is 11.3 Å². The van der Waals surface area contributed by atoms with Crippen LogP contribution in [0.25, 0.3) is 12.2 Å². The molecule has 0 spiro atoms. The zero-order valence-corrected chi connectivity index (χ0v) is 19.6. The van der Waals surface area contributed by atoms with Crippen LogP contribution in [0.3, 0.4) is 0 Å². The van der Waals surface area contributed by atoms with Crippen molar-refractivity contribution in [3.05, 3.63) is 64.7 Å². The molecule has 1 atom stereocenters. The molecule has 0 aliphatic carbocycles. The number of rotatable bonds is 8. The van der Waals surface area contributed by atoms with Gasteiger partial charge in [-0.1, -0.05) is 63.3 Å². The van der Waals surface area contributed by atoms with Gasteiger partial charge in [-0.05, 0) is 35.6 Å². The highest BCUT2D eigenvalue weighted by atomic mass is 16.4. The lowest BCUT2D eigenvalue weighted by Gasteiger charge is -2.27. The lowest BCUT2D eigenvalue weighted by Crippen LogP contribution is -2.48. The number of benzene rings is 2. The molecule has 1 aliphatic rings. The maximum absolute atomic E-state index is 13.5. The summed E-state index contributed by atoms with van der Waals surface area (Å²) in [5.74, 6) is -1.74. The van der Waals surface area contributed by atoms with Crippen molar-refractivity contribution in [1.82, 2.24) is 4.90 Å². The van der Waals surface area contributed by atoms with E-state index in [1.54, 1.807) is 36.1 Å². The molecule has 178 valence electrons. The molecule has 2 amide bonds. The Morgan fingerprint density at radius 2 is 1.74 bits per heavy atom. The summed E-state index contributed by atoms with van der Waals surface area (Å²) in [6.07, 6.45) is 3.91. The standard InChI is InChI=1S/C26H30N4O4/c1-4-21(26(33)34)30-15-23(31)29(14-16(2)3)22-12-9-18(13-20(22)25(30)32)6-5-17-7-10-19(11-8-17)24(27)28/h5-13,16,21H,4,14-15H2,1-3H3,(H3,27,28)(H,33,34). The Kier molecular flexibility index (Phi) is 7.50. The van der Waals surface area contributed by atoms with Crippen LogP contribution in [0.15, 0.2) is 42.5 Å². The molecule has 1 heterocycles. The van der Waals surface area contributed by atoms with Gasteiger partial charge in [-0.2, -0.15) is 0 Å². The second kappa shape index (κ2) is 10.3. The summed E-state index contributed by atoms with van der Waals surface area (Å²) in [4.78, 5) is 41.1. The lowest BCUT2D eigenvalue weighted by molar-refractivity contribution is -0.142. The summed E-state index contributed by atoms with van der Waals surface area (Å²) in [7, 11) is 0. The molecule has 0 saturated carbocycles. The Balaban J connectivity index is 2.02. The van der Waals surface area contributed by atoms with Crippen molar-refractivity contribution < 1.29 is 19.5 Å². The number of aliphatic carboxylic acids is 1. The van der Waals surface area contributed by atoms with Crippen LogP contribution in [0.2, 0.25) is 0 Å². The van der Waals surface area contributed by atoms with E-state index in [2.05, 4.69) is 0 Å². The molecule has 0 aromatic heterocycles. The maximum Gasteiger partial charge on any atom is 0.326 e. The van der Waals surface area contributed by atoms with Crippen molar-refractivity contribution in [2.75, 3.05) is 18.0 Å². The molecule has 0 radical (unpaired) electrons. The number of carboxylic acids is 1. The van der Waals surface area contributed by atoms with Crippen molar-refractivity contribution in [3.8, 4) is 0 Å². The van der Waals surface area contributed by atoms with Gasteiger partial charge in [0.1, 0.15) is 18.4 Å². The average Bonchev–Trinajstić information content (AvgIpc) is 2.88. The van der Waals surface area contributed by atoms with Crippen LogP contribution in [-0.2, 0) is 9.59 Å². The number of amidine groups is 1.